The van der Waals surface area contributed by atoms with Gasteiger partial charge in [-0.1, -0.05) is 23.8 Å². The van der Waals surface area contributed by atoms with Crippen LogP contribution in [-0.4, -0.2) is 41.2 Å². The van der Waals surface area contributed by atoms with Gasteiger partial charge in [0.15, 0.2) is 0 Å². The van der Waals surface area contributed by atoms with Gasteiger partial charge in [-0.3, -0.25) is 4.79 Å². The molecule has 0 spiro atoms. The monoisotopic (exact) mass is 441 g/mol. The number of carbonyl (C=O) groups is 1. The number of nitrogens with zero attached hydrogens (tertiary/aromatic N) is 3. The molecule has 0 aliphatic rings. The second-order valence-corrected chi connectivity index (χ2v) is 8.26. The number of benzene rings is 3. The maximum absolute atomic E-state index is 12.8. The van der Waals surface area contributed by atoms with Crippen LogP contribution in [0.2, 0.25) is 0 Å². The van der Waals surface area contributed by atoms with Gasteiger partial charge < -0.3 is 14.1 Å². The highest BCUT2D eigenvalue weighted by Gasteiger charge is 2.14. The molecule has 0 atom stereocenters. The van der Waals surface area contributed by atoms with Crippen LogP contribution in [-0.2, 0) is 0 Å². The van der Waals surface area contributed by atoms with E-state index < -0.39 is 0 Å². The van der Waals surface area contributed by atoms with E-state index in [-0.39, 0.29) is 5.91 Å². The van der Waals surface area contributed by atoms with Crippen molar-refractivity contribution in [2.24, 2.45) is 0 Å². The highest BCUT2D eigenvalue weighted by molar-refractivity contribution is 5.94. The van der Waals surface area contributed by atoms with Crippen molar-refractivity contribution in [2.75, 3.05) is 20.2 Å². The van der Waals surface area contributed by atoms with Gasteiger partial charge in [-0.25, -0.2) is 0 Å². The third-order valence-corrected chi connectivity index (χ3v) is 5.31. The van der Waals surface area contributed by atoms with Crippen LogP contribution < -0.4 is 4.74 Å². The summed E-state index contributed by atoms with van der Waals surface area (Å²) in [6, 6.07) is 21.2. The number of carbonyl (C=O) groups excluding carboxylic acids is 1. The minimum absolute atomic E-state index is 0.0726. The third kappa shape index (κ3) is 5.47. The van der Waals surface area contributed by atoms with E-state index in [1.54, 1.807) is 24.1 Å². The van der Waals surface area contributed by atoms with Gasteiger partial charge in [0.2, 0.25) is 11.8 Å². The van der Waals surface area contributed by atoms with E-state index in [4.69, 9.17) is 9.15 Å². The van der Waals surface area contributed by atoms with E-state index in [1.807, 2.05) is 69.3 Å². The lowest BCUT2D eigenvalue weighted by Gasteiger charge is -2.18. The Bertz CT molecular complexity index is 1240. The molecule has 33 heavy (non-hydrogen) atoms. The van der Waals surface area contributed by atoms with Crippen molar-refractivity contribution in [1.82, 2.24) is 15.1 Å². The molecule has 6 heteroatoms. The second-order valence-electron chi connectivity index (χ2n) is 8.26. The Morgan fingerprint density at radius 3 is 2.18 bits per heavy atom. The van der Waals surface area contributed by atoms with Crippen LogP contribution in [0.5, 0.6) is 5.75 Å². The normalized spacial score (nSPS) is 10.8. The Morgan fingerprint density at radius 1 is 0.848 bits per heavy atom. The first kappa shape index (κ1) is 22.3. The molecular weight excluding hydrogens is 414 g/mol. The SMILES string of the molecule is Cc1cc(C)cc(OCCN(C)C(=O)c2ccc(-c3nnc(-c4cccc(C)c4)o3)cc2)c1. The molecule has 4 rings (SSSR count). The molecular formula is C27H27N3O3. The van der Waals surface area contributed by atoms with Crippen LogP contribution in [0.3, 0.4) is 0 Å². The topological polar surface area (TPSA) is 68.5 Å². The Kier molecular flexibility index (Phi) is 6.54. The van der Waals surface area contributed by atoms with Gasteiger partial charge in [0.1, 0.15) is 12.4 Å². The minimum Gasteiger partial charge on any atom is -0.492 e. The molecule has 0 unspecified atom stereocenters. The van der Waals surface area contributed by atoms with E-state index in [0.29, 0.717) is 30.5 Å². The molecule has 0 saturated heterocycles. The maximum atomic E-state index is 12.8. The predicted octanol–water partition coefficient (Wildman–Crippen LogP) is 5.48. The molecule has 3 aromatic carbocycles. The fourth-order valence-electron chi connectivity index (χ4n) is 3.63. The van der Waals surface area contributed by atoms with Crippen molar-refractivity contribution in [2.45, 2.75) is 20.8 Å². The summed E-state index contributed by atoms with van der Waals surface area (Å²) in [5.41, 5.74) is 5.66. The van der Waals surface area contributed by atoms with E-state index in [2.05, 4.69) is 16.3 Å². The highest BCUT2D eigenvalue weighted by Crippen LogP contribution is 2.25. The number of rotatable bonds is 7. The summed E-state index contributed by atoms with van der Waals surface area (Å²) in [5, 5.41) is 8.31. The largest absolute Gasteiger partial charge is 0.492 e. The van der Waals surface area contributed by atoms with Crippen LogP contribution in [0.25, 0.3) is 22.9 Å². The van der Waals surface area contributed by atoms with Crippen LogP contribution in [0, 0.1) is 20.8 Å². The number of likely N-dealkylation sites (N-methyl/N-ethyl adjacent to an activating group) is 1. The van der Waals surface area contributed by atoms with Gasteiger partial charge in [-0.2, -0.15) is 0 Å². The molecule has 4 aromatic rings. The molecule has 0 bridgehead atoms. The Hall–Kier alpha value is -3.93. The average molecular weight is 442 g/mol. The van der Waals surface area contributed by atoms with Gasteiger partial charge in [-0.15, -0.1) is 10.2 Å². The molecule has 0 saturated carbocycles. The molecule has 0 N–H and O–H groups in total. The number of aryl methyl sites for hydroxylation is 3. The molecule has 0 aliphatic heterocycles. The Morgan fingerprint density at radius 2 is 1.52 bits per heavy atom. The smallest absolute Gasteiger partial charge is 0.253 e. The van der Waals surface area contributed by atoms with Crippen molar-refractivity contribution < 1.29 is 13.9 Å². The zero-order valence-electron chi connectivity index (χ0n) is 19.3. The summed E-state index contributed by atoms with van der Waals surface area (Å²) >= 11 is 0. The molecule has 1 heterocycles. The van der Waals surface area contributed by atoms with Gasteiger partial charge in [0.25, 0.3) is 5.91 Å². The summed E-state index contributed by atoms with van der Waals surface area (Å²) in [7, 11) is 1.77. The first-order chi connectivity index (χ1) is 15.9. The molecule has 1 amide bonds. The molecule has 0 fully saturated rings. The van der Waals surface area contributed by atoms with Gasteiger partial charge in [0.05, 0.1) is 6.54 Å². The van der Waals surface area contributed by atoms with Crippen LogP contribution in [0.4, 0.5) is 0 Å². The van der Waals surface area contributed by atoms with Crippen molar-refractivity contribution >= 4 is 5.91 Å². The average Bonchev–Trinajstić information content (AvgIpc) is 3.28. The summed E-state index contributed by atoms with van der Waals surface area (Å²) in [6.07, 6.45) is 0. The van der Waals surface area contributed by atoms with Crippen molar-refractivity contribution in [3.05, 3.63) is 89.0 Å². The molecule has 1 aromatic heterocycles. The summed E-state index contributed by atoms with van der Waals surface area (Å²) in [6.45, 7) is 7.00. The lowest BCUT2D eigenvalue weighted by Crippen LogP contribution is -2.30. The fraction of sp³-hybridized carbons (Fsp3) is 0.222. The summed E-state index contributed by atoms with van der Waals surface area (Å²) in [4.78, 5) is 14.4. The Balaban J connectivity index is 1.37. The minimum atomic E-state index is -0.0726. The van der Waals surface area contributed by atoms with E-state index in [0.717, 1.165) is 33.6 Å². The zero-order valence-corrected chi connectivity index (χ0v) is 19.3. The van der Waals surface area contributed by atoms with E-state index in [9.17, 15) is 4.79 Å². The third-order valence-electron chi connectivity index (χ3n) is 5.31. The molecule has 0 radical (unpaired) electrons. The second kappa shape index (κ2) is 9.69. The molecule has 168 valence electrons. The van der Waals surface area contributed by atoms with Crippen molar-refractivity contribution in [1.29, 1.82) is 0 Å². The summed E-state index contributed by atoms with van der Waals surface area (Å²) < 4.78 is 11.7. The lowest BCUT2D eigenvalue weighted by molar-refractivity contribution is 0.0773. The lowest BCUT2D eigenvalue weighted by atomic mass is 10.1. The number of hydrogen-bond acceptors (Lipinski definition) is 5. The number of hydrogen-bond donors (Lipinski definition) is 0. The number of amides is 1. The zero-order chi connectivity index (χ0) is 23.4. The van der Waals surface area contributed by atoms with Gasteiger partial charge in [0, 0.05) is 23.7 Å². The van der Waals surface area contributed by atoms with Crippen LogP contribution >= 0.6 is 0 Å². The first-order valence-corrected chi connectivity index (χ1v) is 10.9. The molecule has 6 nitrogen and oxygen atoms in total. The standard InChI is InChI=1S/C27H27N3O3/c1-18-6-5-7-23(15-18)26-29-28-25(33-26)21-8-10-22(11-9-21)27(31)30(4)12-13-32-24-16-19(2)14-20(3)17-24/h5-11,14-17H,12-13H2,1-4H3. The maximum Gasteiger partial charge on any atom is 0.253 e. The summed E-state index contributed by atoms with van der Waals surface area (Å²) in [5.74, 6) is 1.64. The first-order valence-electron chi connectivity index (χ1n) is 10.9. The van der Waals surface area contributed by atoms with Crippen LogP contribution in [0.15, 0.2) is 71.1 Å². The van der Waals surface area contributed by atoms with Crippen molar-refractivity contribution in [3.8, 4) is 28.7 Å². The fourth-order valence-corrected chi connectivity index (χ4v) is 3.63. The van der Waals surface area contributed by atoms with Gasteiger partial charge in [-0.05, 0) is 80.4 Å². The van der Waals surface area contributed by atoms with Gasteiger partial charge >= 0.3 is 0 Å². The Labute approximate surface area is 193 Å². The van der Waals surface area contributed by atoms with Crippen LogP contribution in [0.1, 0.15) is 27.0 Å². The highest BCUT2D eigenvalue weighted by atomic mass is 16.5. The predicted molar refractivity (Wildman–Crippen MR) is 128 cm³/mol. The number of ether oxygens (including phenoxy) is 1. The van der Waals surface area contributed by atoms with E-state index in [1.165, 1.54) is 0 Å². The van der Waals surface area contributed by atoms with Crippen molar-refractivity contribution in [3.63, 3.8) is 0 Å². The number of aromatic nitrogens is 2. The quantitative estimate of drug-likeness (QED) is 0.380. The van der Waals surface area contributed by atoms with E-state index >= 15 is 0 Å². The molecule has 0 aliphatic carbocycles.